The topological polar surface area (TPSA) is 40.1 Å². The lowest BCUT2D eigenvalue weighted by Crippen LogP contribution is -2.36. The molecule has 3 rings (SSSR count). The van der Waals surface area contributed by atoms with Gasteiger partial charge in [0, 0.05) is 57.1 Å². The van der Waals surface area contributed by atoms with E-state index in [0.29, 0.717) is 6.54 Å². The van der Waals surface area contributed by atoms with E-state index in [4.69, 9.17) is 4.74 Å². The van der Waals surface area contributed by atoms with Crippen molar-refractivity contribution in [1.82, 2.24) is 10.2 Å². The van der Waals surface area contributed by atoms with Gasteiger partial charge in [-0.3, -0.25) is 9.89 Å². The van der Waals surface area contributed by atoms with Crippen LogP contribution in [0, 0.1) is 11.8 Å². The molecule has 2 aliphatic heterocycles. The zero-order valence-corrected chi connectivity index (χ0v) is 16.5. The summed E-state index contributed by atoms with van der Waals surface area (Å²) in [5.74, 6) is 7.20. The summed E-state index contributed by atoms with van der Waals surface area (Å²) in [7, 11) is 3.66. The minimum absolute atomic E-state index is 0.361. The average Bonchev–Trinajstić information content (AvgIpc) is 3.14. The van der Waals surface area contributed by atoms with Crippen LogP contribution in [0.25, 0.3) is 0 Å². The minimum Gasteiger partial charge on any atom is -0.379 e. The number of alkyl halides is 1. The molecule has 1 aromatic carbocycles. The van der Waals surface area contributed by atoms with Crippen LogP contribution in [-0.4, -0.2) is 70.9 Å². The molecule has 0 amide bonds. The molecule has 0 spiro atoms. The Morgan fingerprint density at radius 3 is 2.68 bits per heavy atom. The first kappa shape index (κ1) is 20.1. The summed E-state index contributed by atoms with van der Waals surface area (Å²) in [6, 6.07) is 7.83. The van der Waals surface area contributed by atoms with Crippen molar-refractivity contribution in [3.8, 4) is 11.8 Å². The molecule has 2 heterocycles. The second-order valence-electron chi connectivity index (χ2n) is 6.74. The molecule has 0 unspecified atom stereocenters. The molecule has 5 nitrogen and oxygen atoms in total. The zero-order valence-electron chi connectivity index (χ0n) is 16.5. The quantitative estimate of drug-likeness (QED) is 0.793. The molecule has 0 radical (unpaired) electrons. The molecule has 0 atom stereocenters. The van der Waals surface area contributed by atoms with Gasteiger partial charge in [-0.2, -0.15) is 0 Å². The largest absolute Gasteiger partial charge is 0.379 e. The highest BCUT2D eigenvalue weighted by Crippen LogP contribution is 2.14. The Balaban J connectivity index is 1.65. The van der Waals surface area contributed by atoms with E-state index < -0.39 is 0 Å². The Kier molecular flexibility index (Phi) is 7.24. The number of anilines is 1. The van der Waals surface area contributed by atoms with Crippen molar-refractivity contribution in [3.05, 3.63) is 53.3 Å². The number of aliphatic imine (C=N–C) groups is 1. The second kappa shape index (κ2) is 10.1. The van der Waals surface area contributed by atoms with E-state index in [1.807, 2.05) is 42.3 Å². The summed E-state index contributed by atoms with van der Waals surface area (Å²) < 4.78 is 17.8. The summed E-state index contributed by atoms with van der Waals surface area (Å²) in [5.41, 5.74) is 3.81. The van der Waals surface area contributed by atoms with E-state index >= 15 is 0 Å². The van der Waals surface area contributed by atoms with Crippen LogP contribution < -0.4 is 10.2 Å². The summed E-state index contributed by atoms with van der Waals surface area (Å²) in [5, 5.41) is 3.27. The van der Waals surface area contributed by atoms with Crippen LogP contribution in [0.5, 0.6) is 0 Å². The molecule has 0 aliphatic carbocycles. The van der Waals surface area contributed by atoms with Gasteiger partial charge in [-0.05, 0) is 36.3 Å². The third-order valence-electron chi connectivity index (χ3n) is 4.79. The number of allylic oxidation sites excluding steroid dienone is 1. The van der Waals surface area contributed by atoms with Gasteiger partial charge in [0.15, 0.2) is 0 Å². The highest BCUT2D eigenvalue weighted by molar-refractivity contribution is 6.05. The first-order valence-electron chi connectivity index (χ1n) is 9.55. The maximum atomic E-state index is 12.5. The Bertz CT molecular complexity index is 811. The molecule has 0 bridgehead atoms. The number of amidine groups is 1. The van der Waals surface area contributed by atoms with Gasteiger partial charge in [0.05, 0.1) is 18.9 Å². The molecule has 1 aromatic rings. The summed E-state index contributed by atoms with van der Waals surface area (Å²) in [6.45, 7) is 4.42. The van der Waals surface area contributed by atoms with Crippen LogP contribution in [0.4, 0.5) is 10.1 Å². The van der Waals surface area contributed by atoms with Crippen LogP contribution in [0.15, 0.2) is 52.7 Å². The Morgan fingerprint density at radius 1 is 1.25 bits per heavy atom. The normalized spacial score (nSPS) is 19.9. The Labute approximate surface area is 166 Å². The summed E-state index contributed by atoms with van der Waals surface area (Å²) >= 11 is 0. The first-order valence-corrected chi connectivity index (χ1v) is 9.55. The van der Waals surface area contributed by atoms with Crippen molar-refractivity contribution in [2.75, 3.05) is 65.1 Å². The monoisotopic (exact) mass is 382 g/mol. The molecule has 1 N–H and O–H groups in total. The fourth-order valence-electron chi connectivity index (χ4n) is 3.07. The van der Waals surface area contributed by atoms with Gasteiger partial charge in [-0.25, -0.2) is 4.39 Å². The van der Waals surface area contributed by atoms with Crippen molar-refractivity contribution in [2.45, 2.75) is 0 Å². The van der Waals surface area contributed by atoms with Crippen LogP contribution >= 0.6 is 0 Å². The SMILES string of the molecule is CN=C1NC(C#Cc2ccc(N(C)CCF)cc2)=C/C1=C/CN1CCOCC1. The second-order valence-corrected chi connectivity index (χ2v) is 6.74. The lowest BCUT2D eigenvalue weighted by atomic mass is 10.2. The van der Waals surface area contributed by atoms with E-state index in [-0.39, 0.29) is 6.67 Å². The van der Waals surface area contributed by atoms with Crippen LogP contribution in [0.3, 0.4) is 0 Å². The van der Waals surface area contributed by atoms with Crippen molar-refractivity contribution in [3.63, 3.8) is 0 Å². The number of halogens is 1. The number of benzene rings is 1. The van der Waals surface area contributed by atoms with E-state index in [1.165, 1.54) is 0 Å². The minimum atomic E-state index is -0.361. The molecule has 28 heavy (non-hydrogen) atoms. The van der Waals surface area contributed by atoms with Crippen LogP contribution in [0.1, 0.15) is 5.56 Å². The fourth-order valence-corrected chi connectivity index (χ4v) is 3.07. The van der Waals surface area contributed by atoms with Gasteiger partial charge in [-0.15, -0.1) is 0 Å². The lowest BCUT2D eigenvalue weighted by molar-refractivity contribution is 0.0434. The Hall–Kier alpha value is -2.62. The maximum Gasteiger partial charge on any atom is 0.132 e. The highest BCUT2D eigenvalue weighted by Gasteiger charge is 2.15. The zero-order chi connectivity index (χ0) is 19.8. The van der Waals surface area contributed by atoms with E-state index in [9.17, 15) is 4.39 Å². The molecule has 148 valence electrons. The van der Waals surface area contributed by atoms with Crippen LogP contribution in [0.2, 0.25) is 0 Å². The van der Waals surface area contributed by atoms with Crippen molar-refractivity contribution in [2.24, 2.45) is 4.99 Å². The number of hydrogen-bond donors (Lipinski definition) is 1. The van der Waals surface area contributed by atoms with Crippen molar-refractivity contribution in [1.29, 1.82) is 0 Å². The van der Waals surface area contributed by atoms with Gasteiger partial charge in [0.25, 0.3) is 0 Å². The smallest absolute Gasteiger partial charge is 0.132 e. The maximum absolute atomic E-state index is 12.5. The van der Waals surface area contributed by atoms with E-state index in [2.05, 4.69) is 33.1 Å². The molecule has 2 aliphatic rings. The fraction of sp³-hybridized carbons (Fsp3) is 0.409. The Morgan fingerprint density at radius 2 is 2.00 bits per heavy atom. The summed E-state index contributed by atoms with van der Waals surface area (Å²) in [6.07, 6.45) is 4.23. The third-order valence-corrected chi connectivity index (χ3v) is 4.79. The third kappa shape index (κ3) is 5.44. The molecular weight excluding hydrogens is 355 g/mol. The molecule has 0 saturated carbocycles. The summed E-state index contributed by atoms with van der Waals surface area (Å²) in [4.78, 5) is 8.57. The number of morpholine rings is 1. The number of rotatable bonds is 5. The van der Waals surface area contributed by atoms with Gasteiger partial charge < -0.3 is 15.0 Å². The van der Waals surface area contributed by atoms with Crippen LogP contribution in [-0.2, 0) is 4.74 Å². The standard InChI is InChI=1S/C22H27FN4O/c1-24-22-19(9-11-27-13-15-28-16-14-27)17-20(25-22)6-3-18-4-7-21(8-5-18)26(2)12-10-23/h4-5,7-9,17H,10-16H2,1-2H3,(H,24,25)/b19-9-. The molecule has 6 heteroatoms. The van der Waals surface area contributed by atoms with Crippen molar-refractivity contribution < 1.29 is 9.13 Å². The number of nitrogens with zero attached hydrogens (tertiary/aromatic N) is 3. The van der Waals surface area contributed by atoms with Gasteiger partial charge in [-0.1, -0.05) is 12.0 Å². The predicted octanol–water partition coefficient (Wildman–Crippen LogP) is 2.22. The molecule has 0 aromatic heterocycles. The number of ether oxygens (including phenoxy) is 1. The van der Waals surface area contributed by atoms with Gasteiger partial charge in [0.2, 0.25) is 0 Å². The molecule has 1 fully saturated rings. The first-order chi connectivity index (χ1) is 13.7. The average molecular weight is 382 g/mol. The predicted molar refractivity (Wildman–Crippen MR) is 112 cm³/mol. The number of hydrogen-bond acceptors (Lipinski definition) is 4. The van der Waals surface area contributed by atoms with Gasteiger partial charge in [0.1, 0.15) is 12.5 Å². The number of nitrogens with one attached hydrogen (secondary N) is 1. The highest BCUT2D eigenvalue weighted by atomic mass is 19.1. The van der Waals surface area contributed by atoms with E-state index in [1.54, 1.807) is 7.05 Å². The molecule has 1 saturated heterocycles. The van der Waals surface area contributed by atoms with Crippen molar-refractivity contribution >= 4 is 11.5 Å². The van der Waals surface area contributed by atoms with Gasteiger partial charge >= 0.3 is 0 Å². The lowest BCUT2D eigenvalue weighted by Gasteiger charge is -2.25. The van der Waals surface area contributed by atoms with E-state index in [0.717, 1.165) is 61.2 Å². The molecular formula is C22H27FN4O.